The molecule has 2 aliphatic rings. The summed E-state index contributed by atoms with van der Waals surface area (Å²) in [5.41, 5.74) is 1.74. The number of aromatic nitrogens is 2. The number of hydrogen-bond donors (Lipinski definition) is 0. The standard InChI is InChI=1S/C16H19N3O3S2/c1-10-3-14(22-18-10)15(20)19-8-16(9-19)4-13(7-24-16)21-5-12-6-23-11(2)17-12/h3,6,13H,4-5,7-9H2,1-2H3. The third-order valence-electron chi connectivity index (χ3n) is 4.39. The third-order valence-corrected chi connectivity index (χ3v) is 6.79. The molecule has 8 heteroatoms. The smallest absolute Gasteiger partial charge is 0.292 e. The zero-order valence-corrected chi connectivity index (χ0v) is 15.3. The Labute approximate surface area is 148 Å². The van der Waals surface area contributed by atoms with Gasteiger partial charge in [-0.1, -0.05) is 5.16 Å². The van der Waals surface area contributed by atoms with Gasteiger partial charge in [-0.15, -0.1) is 23.1 Å². The topological polar surface area (TPSA) is 68.5 Å². The molecule has 1 spiro atoms. The van der Waals surface area contributed by atoms with Crippen LogP contribution in [0.2, 0.25) is 0 Å². The second-order valence-electron chi connectivity index (χ2n) is 6.48. The highest BCUT2D eigenvalue weighted by Gasteiger charge is 2.51. The average Bonchev–Trinajstić information content (AvgIpc) is 3.22. The Hall–Kier alpha value is -1.38. The van der Waals surface area contributed by atoms with Crippen LogP contribution in [0.15, 0.2) is 16.0 Å². The fraction of sp³-hybridized carbons (Fsp3) is 0.562. The minimum atomic E-state index is -0.0656. The van der Waals surface area contributed by atoms with Crippen molar-refractivity contribution >= 4 is 29.0 Å². The van der Waals surface area contributed by atoms with Crippen LogP contribution in [-0.2, 0) is 11.3 Å². The number of thiazole rings is 1. The maximum absolute atomic E-state index is 12.3. The fourth-order valence-electron chi connectivity index (χ4n) is 3.22. The van der Waals surface area contributed by atoms with E-state index in [1.807, 2.05) is 30.5 Å². The number of amides is 1. The molecule has 1 atom stereocenters. The lowest BCUT2D eigenvalue weighted by Gasteiger charge is -2.46. The van der Waals surface area contributed by atoms with Crippen molar-refractivity contribution in [3.8, 4) is 0 Å². The van der Waals surface area contributed by atoms with Crippen LogP contribution in [0.1, 0.15) is 33.4 Å². The summed E-state index contributed by atoms with van der Waals surface area (Å²) in [6.07, 6.45) is 1.22. The van der Waals surface area contributed by atoms with Gasteiger partial charge in [0, 0.05) is 30.3 Å². The molecule has 6 nitrogen and oxygen atoms in total. The first-order valence-electron chi connectivity index (χ1n) is 7.92. The molecule has 2 aliphatic heterocycles. The van der Waals surface area contributed by atoms with Crippen molar-refractivity contribution in [1.29, 1.82) is 0 Å². The van der Waals surface area contributed by atoms with Gasteiger partial charge in [-0.05, 0) is 20.3 Å². The summed E-state index contributed by atoms with van der Waals surface area (Å²) in [7, 11) is 0. The summed E-state index contributed by atoms with van der Waals surface area (Å²) in [4.78, 5) is 18.6. The van der Waals surface area contributed by atoms with Crippen molar-refractivity contribution in [3.05, 3.63) is 33.6 Å². The number of ether oxygens (including phenoxy) is 1. The molecule has 1 amide bonds. The van der Waals surface area contributed by atoms with Gasteiger partial charge in [0.15, 0.2) is 0 Å². The van der Waals surface area contributed by atoms with E-state index >= 15 is 0 Å². The second kappa shape index (κ2) is 6.16. The monoisotopic (exact) mass is 365 g/mol. The predicted octanol–water partition coefficient (Wildman–Crippen LogP) is 2.66. The highest BCUT2D eigenvalue weighted by molar-refractivity contribution is 8.01. The Bertz CT molecular complexity index is 751. The molecule has 0 saturated carbocycles. The maximum Gasteiger partial charge on any atom is 0.292 e. The van der Waals surface area contributed by atoms with E-state index in [4.69, 9.17) is 9.26 Å². The zero-order valence-electron chi connectivity index (χ0n) is 13.7. The van der Waals surface area contributed by atoms with Crippen molar-refractivity contribution in [1.82, 2.24) is 15.0 Å². The van der Waals surface area contributed by atoms with Crippen molar-refractivity contribution in [2.45, 2.75) is 37.7 Å². The second-order valence-corrected chi connectivity index (χ2v) is 9.03. The van der Waals surface area contributed by atoms with Crippen LogP contribution >= 0.6 is 23.1 Å². The number of nitrogens with zero attached hydrogens (tertiary/aromatic N) is 3. The average molecular weight is 365 g/mol. The summed E-state index contributed by atoms with van der Waals surface area (Å²) in [5.74, 6) is 1.24. The molecule has 0 bridgehead atoms. The number of carbonyl (C=O) groups is 1. The largest absolute Gasteiger partial charge is 0.371 e. The molecule has 0 radical (unpaired) electrons. The van der Waals surface area contributed by atoms with Gasteiger partial charge in [0.1, 0.15) is 0 Å². The van der Waals surface area contributed by atoms with Gasteiger partial charge in [-0.3, -0.25) is 4.79 Å². The first kappa shape index (κ1) is 16.1. The molecule has 128 valence electrons. The molecule has 2 aromatic rings. The summed E-state index contributed by atoms with van der Waals surface area (Å²) < 4.78 is 11.2. The van der Waals surface area contributed by atoms with Crippen molar-refractivity contribution in [2.24, 2.45) is 0 Å². The van der Waals surface area contributed by atoms with E-state index in [2.05, 4.69) is 15.5 Å². The molecule has 0 aromatic carbocycles. The van der Waals surface area contributed by atoms with Crippen LogP contribution in [0, 0.1) is 13.8 Å². The first-order valence-corrected chi connectivity index (χ1v) is 9.79. The van der Waals surface area contributed by atoms with Crippen LogP contribution < -0.4 is 0 Å². The Balaban J connectivity index is 1.27. The Morgan fingerprint density at radius 3 is 3.00 bits per heavy atom. The Morgan fingerprint density at radius 2 is 2.33 bits per heavy atom. The molecular weight excluding hydrogens is 346 g/mol. The number of aryl methyl sites for hydroxylation is 2. The number of thioether (sulfide) groups is 1. The fourth-order valence-corrected chi connectivity index (χ4v) is 5.37. The lowest BCUT2D eigenvalue weighted by molar-refractivity contribution is 0.0231. The molecular formula is C16H19N3O3S2. The summed E-state index contributed by atoms with van der Waals surface area (Å²) in [6, 6.07) is 1.69. The van der Waals surface area contributed by atoms with Gasteiger partial charge in [0.25, 0.3) is 5.91 Å². The molecule has 1 unspecified atom stereocenters. The summed E-state index contributed by atoms with van der Waals surface area (Å²) in [5, 5.41) is 6.90. The predicted molar refractivity (Wildman–Crippen MR) is 92.4 cm³/mol. The molecule has 4 rings (SSSR count). The highest BCUT2D eigenvalue weighted by Crippen LogP contribution is 2.46. The number of hydrogen-bond acceptors (Lipinski definition) is 7. The van der Waals surface area contributed by atoms with Gasteiger partial charge < -0.3 is 14.2 Å². The van der Waals surface area contributed by atoms with E-state index in [1.165, 1.54) is 0 Å². The number of likely N-dealkylation sites (tertiary alicyclic amines) is 1. The van der Waals surface area contributed by atoms with Crippen LogP contribution in [0.4, 0.5) is 0 Å². The van der Waals surface area contributed by atoms with Gasteiger partial charge in [0.05, 0.1) is 33.9 Å². The van der Waals surface area contributed by atoms with Gasteiger partial charge in [0.2, 0.25) is 5.76 Å². The zero-order chi connectivity index (χ0) is 16.7. The highest BCUT2D eigenvalue weighted by atomic mass is 32.2. The van der Waals surface area contributed by atoms with E-state index in [1.54, 1.807) is 17.4 Å². The SMILES string of the molecule is Cc1cc(C(=O)N2CC3(CC(OCc4csc(C)n4)CS3)C2)on1. The van der Waals surface area contributed by atoms with Crippen LogP contribution in [-0.4, -0.2) is 50.6 Å². The van der Waals surface area contributed by atoms with Crippen molar-refractivity contribution in [2.75, 3.05) is 18.8 Å². The van der Waals surface area contributed by atoms with E-state index in [-0.39, 0.29) is 16.8 Å². The normalized spacial score (nSPS) is 22.1. The molecule has 4 heterocycles. The third kappa shape index (κ3) is 3.10. The van der Waals surface area contributed by atoms with E-state index in [0.29, 0.717) is 12.4 Å². The molecule has 2 saturated heterocycles. The van der Waals surface area contributed by atoms with Gasteiger partial charge >= 0.3 is 0 Å². The van der Waals surface area contributed by atoms with Crippen molar-refractivity contribution in [3.63, 3.8) is 0 Å². The van der Waals surface area contributed by atoms with E-state index in [0.717, 1.165) is 41.7 Å². The molecule has 0 N–H and O–H groups in total. The number of rotatable bonds is 4. The quantitative estimate of drug-likeness (QED) is 0.830. The van der Waals surface area contributed by atoms with Crippen LogP contribution in [0.5, 0.6) is 0 Å². The van der Waals surface area contributed by atoms with Gasteiger partial charge in [-0.25, -0.2) is 4.98 Å². The molecule has 0 aliphatic carbocycles. The summed E-state index contributed by atoms with van der Waals surface area (Å²) >= 11 is 3.57. The van der Waals surface area contributed by atoms with Crippen LogP contribution in [0.25, 0.3) is 0 Å². The maximum atomic E-state index is 12.3. The van der Waals surface area contributed by atoms with Crippen molar-refractivity contribution < 1.29 is 14.1 Å². The molecule has 2 aromatic heterocycles. The molecule has 24 heavy (non-hydrogen) atoms. The van der Waals surface area contributed by atoms with Crippen LogP contribution in [0.3, 0.4) is 0 Å². The Kier molecular flexibility index (Phi) is 4.14. The first-order chi connectivity index (χ1) is 11.5. The minimum Gasteiger partial charge on any atom is -0.371 e. The van der Waals surface area contributed by atoms with E-state index in [9.17, 15) is 4.79 Å². The molecule has 2 fully saturated rings. The number of carbonyl (C=O) groups excluding carboxylic acids is 1. The van der Waals surface area contributed by atoms with E-state index < -0.39 is 0 Å². The lowest BCUT2D eigenvalue weighted by Crippen LogP contribution is -2.60. The van der Waals surface area contributed by atoms with Gasteiger partial charge in [-0.2, -0.15) is 0 Å². The minimum absolute atomic E-state index is 0.0656. The lowest BCUT2D eigenvalue weighted by atomic mass is 9.92. The Morgan fingerprint density at radius 1 is 1.50 bits per heavy atom. The summed E-state index contributed by atoms with van der Waals surface area (Å²) in [6.45, 7) is 5.91.